The molecule has 1 fully saturated rings. The summed E-state index contributed by atoms with van der Waals surface area (Å²) in [6, 6.07) is 3.93. The predicted molar refractivity (Wildman–Crippen MR) is 67.0 cm³/mol. The summed E-state index contributed by atoms with van der Waals surface area (Å²) in [6.07, 6.45) is 3.91. The summed E-state index contributed by atoms with van der Waals surface area (Å²) >= 11 is 0. The van der Waals surface area contributed by atoms with Crippen LogP contribution in [0.25, 0.3) is 0 Å². The molecule has 0 saturated carbocycles. The lowest BCUT2D eigenvalue weighted by Crippen LogP contribution is -2.46. The van der Waals surface area contributed by atoms with Crippen molar-refractivity contribution >= 4 is 5.91 Å². The molecule has 4 heteroatoms. The third-order valence-electron chi connectivity index (χ3n) is 3.28. The highest BCUT2D eigenvalue weighted by molar-refractivity contribution is 5.94. The number of carbonyl (C=O) groups excluding carboxylic acids is 1. The summed E-state index contributed by atoms with van der Waals surface area (Å²) in [5.74, 6) is 0.0872. The molecule has 17 heavy (non-hydrogen) atoms. The Morgan fingerprint density at radius 1 is 1.59 bits per heavy atom. The number of rotatable bonds is 2. The minimum atomic E-state index is 0.0872. The van der Waals surface area contributed by atoms with Crippen LogP contribution in [0.5, 0.6) is 0 Å². The van der Waals surface area contributed by atoms with Crippen molar-refractivity contribution in [3.05, 3.63) is 29.6 Å². The minimum Gasteiger partial charge on any atom is -0.337 e. The van der Waals surface area contributed by atoms with Crippen LogP contribution < -0.4 is 5.32 Å². The molecule has 92 valence electrons. The summed E-state index contributed by atoms with van der Waals surface area (Å²) in [4.78, 5) is 18.2. The van der Waals surface area contributed by atoms with E-state index in [0.29, 0.717) is 6.04 Å². The molecule has 0 radical (unpaired) electrons. The van der Waals surface area contributed by atoms with Crippen LogP contribution in [0.1, 0.15) is 28.9 Å². The van der Waals surface area contributed by atoms with Crippen molar-refractivity contribution in [1.82, 2.24) is 15.2 Å². The van der Waals surface area contributed by atoms with Crippen LogP contribution in [-0.2, 0) is 0 Å². The van der Waals surface area contributed by atoms with E-state index in [2.05, 4.69) is 10.3 Å². The number of amides is 1. The number of nitrogens with one attached hydrogen (secondary N) is 1. The zero-order chi connectivity index (χ0) is 12.3. The van der Waals surface area contributed by atoms with E-state index >= 15 is 0 Å². The highest BCUT2D eigenvalue weighted by Crippen LogP contribution is 2.12. The van der Waals surface area contributed by atoms with Crippen molar-refractivity contribution in [2.75, 3.05) is 20.1 Å². The van der Waals surface area contributed by atoms with E-state index in [1.54, 1.807) is 12.3 Å². The van der Waals surface area contributed by atoms with Gasteiger partial charge < -0.3 is 10.2 Å². The van der Waals surface area contributed by atoms with Gasteiger partial charge in [-0.1, -0.05) is 0 Å². The molecule has 1 N–H and O–H groups in total. The summed E-state index contributed by atoms with van der Waals surface area (Å²) < 4.78 is 0. The highest BCUT2D eigenvalue weighted by Gasteiger charge is 2.22. The Morgan fingerprint density at radius 2 is 2.41 bits per heavy atom. The molecule has 0 bridgehead atoms. The number of nitrogens with zero attached hydrogens (tertiary/aromatic N) is 2. The summed E-state index contributed by atoms with van der Waals surface area (Å²) in [6.45, 7) is 3.86. The van der Waals surface area contributed by atoms with Gasteiger partial charge in [0.15, 0.2) is 0 Å². The Balaban J connectivity index is 2.08. The molecule has 1 saturated heterocycles. The highest BCUT2D eigenvalue weighted by atomic mass is 16.2. The van der Waals surface area contributed by atoms with E-state index in [0.717, 1.165) is 37.2 Å². The average Bonchev–Trinajstić information content (AvgIpc) is 2.38. The molecule has 0 aliphatic carbocycles. The Kier molecular flexibility index (Phi) is 3.74. The molecule has 1 atom stereocenters. The van der Waals surface area contributed by atoms with Gasteiger partial charge in [-0.25, -0.2) is 0 Å². The van der Waals surface area contributed by atoms with E-state index in [-0.39, 0.29) is 5.91 Å². The van der Waals surface area contributed by atoms with Gasteiger partial charge >= 0.3 is 0 Å². The standard InChI is InChI=1S/C13H19N3O/c1-10-8-11(5-7-15-10)13(17)16(2)12-4-3-6-14-9-12/h5,7-8,12,14H,3-4,6,9H2,1-2H3. The fraction of sp³-hybridized carbons (Fsp3) is 0.538. The first-order chi connectivity index (χ1) is 8.18. The average molecular weight is 233 g/mol. The Hall–Kier alpha value is -1.42. The van der Waals surface area contributed by atoms with Crippen LogP contribution in [0, 0.1) is 6.92 Å². The van der Waals surface area contributed by atoms with Crippen molar-refractivity contribution in [1.29, 1.82) is 0 Å². The maximum absolute atomic E-state index is 12.3. The lowest BCUT2D eigenvalue weighted by atomic mass is 10.1. The smallest absolute Gasteiger partial charge is 0.254 e. The molecule has 1 amide bonds. The first-order valence-corrected chi connectivity index (χ1v) is 6.09. The number of aromatic nitrogens is 1. The van der Waals surface area contributed by atoms with Gasteiger partial charge in [0.25, 0.3) is 5.91 Å². The second-order valence-corrected chi connectivity index (χ2v) is 4.60. The predicted octanol–water partition coefficient (Wildman–Crippen LogP) is 1.21. The van der Waals surface area contributed by atoms with Crippen LogP contribution >= 0.6 is 0 Å². The third-order valence-corrected chi connectivity index (χ3v) is 3.28. The van der Waals surface area contributed by atoms with E-state index < -0.39 is 0 Å². The summed E-state index contributed by atoms with van der Waals surface area (Å²) in [5.41, 5.74) is 1.61. The van der Waals surface area contributed by atoms with E-state index in [9.17, 15) is 4.79 Å². The fourth-order valence-electron chi connectivity index (χ4n) is 2.21. The molecule has 2 heterocycles. The SMILES string of the molecule is Cc1cc(C(=O)N(C)C2CCCNC2)ccn1. The van der Waals surface area contributed by atoms with E-state index in [4.69, 9.17) is 0 Å². The lowest BCUT2D eigenvalue weighted by Gasteiger charge is -2.31. The van der Waals surface area contributed by atoms with Crippen molar-refractivity contribution in [3.8, 4) is 0 Å². The molecular formula is C13H19N3O. The monoisotopic (exact) mass is 233 g/mol. The summed E-state index contributed by atoms with van der Waals surface area (Å²) in [7, 11) is 1.88. The molecule has 1 aromatic heterocycles. The van der Waals surface area contributed by atoms with Crippen molar-refractivity contribution in [2.45, 2.75) is 25.8 Å². The first-order valence-electron chi connectivity index (χ1n) is 6.09. The molecule has 0 aromatic carbocycles. The number of hydrogen-bond acceptors (Lipinski definition) is 3. The van der Waals surface area contributed by atoms with Crippen molar-refractivity contribution in [3.63, 3.8) is 0 Å². The number of hydrogen-bond donors (Lipinski definition) is 1. The lowest BCUT2D eigenvalue weighted by molar-refractivity contribution is 0.0708. The maximum Gasteiger partial charge on any atom is 0.254 e. The maximum atomic E-state index is 12.3. The fourth-order valence-corrected chi connectivity index (χ4v) is 2.21. The molecule has 1 aliphatic heterocycles. The summed E-state index contributed by atoms with van der Waals surface area (Å²) in [5, 5.41) is 3.33. The number of carbonyl (C=O) groups is 1. The molecule has 1 aromatic rings. The van der Waals surface area contributed by atoms with Gasteiger partial charge in [0.2, 0.25) is 0 Å². The molecule has 1 unspecified atom stereocenters. The zero-order valence-electron chi connectivity index (χ0n) is 10.4. The van der Waals surface area contributed by atoms with Crippen molar-refractivity contribution in [2.24, 2.45) is 0 Å². The first kappa shape index (κ1) is 12.0. The van der Waals surface area contributed by atoms with Gasteiger partial charge in [-0.15, -0.1) is 0 Å². The van der Waals surface area contributed by atoms with Crippen LogP contribution in [0.4, 0.5) is 0 Å². The molecule has 2 rings (SSSR count). The van der Waals surface area contributed by atoms with Crippen molar-refractivity contribution < 1.29 is 4.79 Å². The molecule has 4 nitrogen and oxygen atoms in total. The largest absolute Gasteiger partial charge is 0.337 e. The normalized spacial score (nSPS) is 20.0. The third kappa shape index (κ3) is 2.82. The van der Waals surface area contributed by atoms with Crippen LogP contribution in [0.2, 0.25) is 0 Å². The molecular weight excluding hydrogens is 214 g/mol. The van der Waals surface area contributed by atoms with E-state index in [1.165, 1.54) is 0 Å². The van der Waals surface area contributed by atoms with Gasteiger partial charge in [-0.3, -0.25) is 9.78 Å². The van der Waals surface area contributed by atoms with Gasteiger partial charge in [-0.2, -0.15) is 0 Å². The number of aryl methyl sites for hydroxylation is 1. The topological polar surface area (TPSA) is 45.2 Å². The zero-order valence-corrected chi connectivity index (χ0v) is 10.4. The number of piperidine rings is 1. The minimum absolute atomic E-state index is 0.0872. The Morgan fingerprint density at radius 3 is 3.06 bits per heavy atom. The second kappa shape index (κ2) is 5.27. The van der Waals surface area contributed by atoms with Crippen LogP contribution in [-0.4, -0.2) is 42.0 Å². The number of likely N-dealkylation sites (N-methyl/N-ethyl adjacent to an activating group) is 1. The Bertz CT molecular complexity index is 399. The van der Waals surface area contributed by atoms with Gasteiger partial charge in [-0.05, 0) is 38.4 Å². The van der Waals surface area contributed by atoms with Gasteiger partial charge in [0.05, 0.1) is 0 Å². The van der Waals surface area contributed by atoms with Gasteiger partial charge in [0.1, 0.15) is 0 Å². The van der Waals surface area contributed by atoms with E-state index in [1.807, 2.05) is 24.9 Å². The number of pyridine rings is 1. The molecule has 1 aliphatic rings. The van der Waals surface area contributed by atoms with Crippen LogP contribution in [0.3, 0.4) is 0 Å². The van der Waals surface area contributed by atoms with Gasteiger partial charge in [0, 0.05) is 37.1 Å². The van der Waals surface area contributed by atoms with Crippen LogP contribution in [0.15, 0.2) is 18.3 Å². The Labute approximate surface area is 102 Å². The quantitative estimate of drug-likeness (QED) is 0.835. The molecule has 0 spiro atoms. The second-order valence-electron chi connectivity index (χ2n) is 4.60.